The molecule has 2 aromatic heterocycles. The molecule has 3 aromatic rings. The maximum atomic E-state index is 12.2. The number of amides is 4. The molecule has 60 heavy (non-hydrogen) atoms. The summed E-state index contributed by atoms with van der Waals surface area (Å²) in [6.07, 6.45) is 12.2. The fraction of sp³-hybridized carbons (Fsp3) is 0.571. The van der Waals surface area contributed by atoms with Crippen molar-refractivity contribution in [1.82, 2.24) is 29.7 Å². The summed E-state index contributed by atoms with van der Waals surface area (Å²) >= 11 is 1.63. The van der Waals surface area contributed by atoms with Gasteiger partial charge in [-0.15, -0.1) is 0 Å². The molecule has 9 N–H and O–H groups in total. The smallest absolute Gasteiger partial charge is 0.272 e. The summed E-state index contributed by atoms with van der Waals surface area (Å²) in [4.78, 5) is 63.0. The Hall–Kier alpha value is -4.94. The van der Waals surface area contributed by atoms with Crippen LogP contribution in [0.25, 0.3) is 10.9 Å². The van der Waals surface area contributed by atoms with Crippen LogP contribution in [0.15, 0.2) is 47.4 Å². The first kappa shape index (κ1) is 55.1. The maximum Gasteiger partial charge on any atom is 0.272 e. The van der Waals surface area contributed by atoms with Crippen molar-refractivity contribution in [3.63, 3.8) is 0 Å². The predicted molar refractivity (Wildman–Crippen MR) is 242 cm³/mol. The standard InChI is InChI=1S/C14H17NO3.C13H20FN5O3.C13H21NOS.C2H6.2H2O.3H2/c1-8(2)18-13-7-11(16)10-5-6-12(17-4)9(3)14(10)15-13;1-3-10(12(15)21)18(2)11(20)8-16-13(22)9-4-6-19(17-9)7-5-14;1-3-4-5-6-10-9-11(10)12(15)14-16-13(2)7-8-13;1-2;;;;;/h5-8H,1-4H3,(H,15,16);4,6,10H,3,5,7-8H2,1-2H3,(H2,15,21)(H,16,22);5-6,10-11H,3-4,7-9H2,1-2H3,(H,14,15);1-2H3;2*1H2;3*1H/b;;6-5-;;;;;;. The summed E-state index contributed by atoms with van der Waals surface area (Å²) in [5, 5.41) is 6.91. The average molecular weight is 872 g/mol. The highest BCUT2D eigenvalue weighted by atomic mass is 32.2. The third-order valence-corrected chi connectivity index (χ3v) is 10.5. The van der Waals surface area contributed by atoms with Gasteiger partial charge in [-0.05, 0) is 95.9 Å². The largest absolute Gasteiger partial charge is 0.496 e. The van der Waals surface area contributed by atoms with E-state index in [2.05, 4.69) is 46.1 Å². The van der Waals surface area contributed by atoms with Gasteiger partial charge in [-0.25, -0.2) is 4.39 Å². The second-order valence-corrected chi connectivity index (χ2v) is 15.8. The second kappa shape index (κ2) is 27.0. The van der Waals surface area contributed by atoms with Crippen LogP contribution in [0, 0.1) is 18.8 Å². The fourth-order valence-corrected chi connectivity index (χ4v) is 6.36. The molecule has 1 aromatic carbocycles. The minimum Gasteiger partial charge on any atom is -0.496 e. The minimum atomic E-state index is -0.715. The number of aromatic nitrogens is 3. The summed E-state index contributed by atoms with van der Waals surface area (Å²) in [5.74, 6) is 0.647. The zero-order valence-electron chi connectivity index (χ0n) is 36.8. The van der Waals surface area contributed by atoms with E-state index in [9.17, 15) is 28.4 Å². The van der Waals surface area contributed by atoms with Crippen molar-refractivity contribution in [2.24, 2.45) is 17.6 Å². The number of benzene rings is 1. The third-order valence-electron chi connectivity index (χ3n) is 9.30. The average Bonchev–Trinajstić information content (AvgIpc) is 4.09. The molecule has 0 bridgehead atoms. The Labute approximate surface area is 361 Å². The molecule has 0 aliphatic heterocycles. The Balaban J connectivity index is -0.000000394. The first-order valence-electron chi connectivity index (χ1n) is 20.0. The lowest BCUT2D eigenvalue weighted by molar-refractivity contribution is -0.137. The van der Waals surface area contributed by atoms with Crippen LogP contribution in [0.2, 0.25) is 0 Å². The Morgan fingerprint density at radius 3 is 2.40 bits per heavy atom. The summed E-state index contributed by atoms with van der Waals surface area (Å²) in [6.45, 7) is 15.1. The number of nitrogens with two attached hydrogens (primary N) is 1. The molecule has 3 atom stereocenters. The maximum absolute atomic E-state index is 12.2. The number of aromatic amines is 1. The molecule has 2 saturated carbocycles. The van der Waals surface area contributed by atoms with Gasteiger partial charge in [-0.2, -0.15) is 5.10 Å². The molecule has 0 radical (unpaired) electrons. The third kappa shape index (κ3) is 17.3. The number of hydrogen-bond acceptors (Lipinski definition) is 9. The number of unbranched alkanes of at least 4 members (excludes halogenated alkanes) is 1. The minimum absolute atomic E-state index is 0. The summed E-state index contributed by atoms with van der Waals surface area (Å²) in [6, 6.07) is 5.76. The lowest BCUT2D eigenvalue weighted by atomic mass is 10.1. The number of aryl methyl sites for hydroxylation is 2. The Morgan fingerprint density at radius 2 is 1.85 bits per heavy atom. The van der Waals surface area contributed by atoms with E-state index in [-0.39, 0.29) is 57.4 Å². The van der Waals surface area contributed by atoms with Gasteiger partial charge in [0.2, 0.25) is 17.7 Å². The van der Waals surface area contributed by atoms with Gasteiger partial charge in [-0.1, -0.05) is 46.3 Å². The number of methoxy groups -OCH3 is 1. The highest BCUT2D eigenvalue weighted by Crippen LogP contribution is 2.47. The predicted octanol–water partition coefficient (Wildman–Crippen LogP) is 5.35. The zero-order chi connectivity index (χ0) is 43.6. The van der Waals surface area contributed by atoms with Crippen molar-refractivity contribution >= 4 is 46.5 Å². The summed E-state index contributed by atoms with van der Waals surface area (Å²) < 4.78 is 27.6. The highest BCUT2D eigenvalue weighted by molar-refractivity contribution is 7.99. The van der Waals surface area contributed by atoms with Gasteiger partial charge in [-0.3, -0.25) is 33.4 Å². The number of fused-ring (bicyclic) bond motifs is 1. The van der Waals surface area contributed by atoms with Crippen LogP contribution < -0.4 is 30.7 Å². The molecule has 18 heteroatoms. The van der Waals surface area contributed by atoms with E-state index >= 15 is 0 Å². The monoisotopic (exact) mass is 872 g/mol. The summed E-state index contributed by atoms with van der Waals surface area (Å²) in [5.41, 5.74) is 6.90. The van der Waals surface area contributed by atoms with Gasteiger partial charge in [0.05, 0.1) is 31.8 Å². The Bertz CT molecular complexity index is 1920. The number of allylic oxidation sites excluding steroid dienone is 2. The van der Waals surface area contributed by atoms with Crippen LogP contribution in [-0.4, -0.2) is 98.5 Å². The topological polar surface area (TPSA) is 254 Å². The number of hydrogen-bond donors (Lipinski definition) is 4. The molecule has 2 aliphatic carbocycles. The van der Waals surface area contributed by atoms with Gasteiger partial charge < -0.3 is 41.4 Å². The number of primary amides is 1. The summed E-state index contributed by atoms with van der Waals surface area (Å²) in [7, 11) is 3.06. The van der Waals surface area contributed by atoms with Gasteiger partial charge in [0, 0.05) is 45.2 Å². The van der Waals surface area contributed by atoms with Crippen LogP contribution >= 0.6 is 11.9 Å². The first-order chi connectivity index (χ1) is 27.6. The molecule has 2 aliphatic rings. The molecule has 2 fully saturated rings. The second-order valence-electron chi connectivity index (χ2n) is 14.4. The highest BCUT2D eigenvalue weighted by Gasteiger charge is 2.44. The lowest BCUT2D eigenvalue weighted by Crippen LogP contribution is -2.48. The van der Waals surface area contributed by atoms with Crippen molar-refractivity contribution in [2.45, 2.75) is 117 Å². The molecule has 5 rings (SSSR count). The van der Waals surface area contributed by atoms with E-state index in [0.29, 0.717) is 28.4 Å². The van der Waals surface area contributed by atoms with Crippen LogP contribution in [-0.2, 0) is 20.9 Å². The number of nitrogens with zero attached hydrogens (tertiary/aromatic N) is 3. The first-order valence-corrected chi connectivity index (χ1v) is 20.8. The molecule has 3 unspecified atom stereocenters. The van der Waals surface area contributed by atoms with Gasteiger partial charge >= 0.3 is 0 Å². The van der Waals surface area contributed by atoms with E-state index < -0.39 is 30.4 Å². The number of H-pyrrole nitrogens is 1. The van der Waals surface area contributed by atoms with Crippen molar-refractivity contribution in [3.05, 3.63) is 64.1 Å². The number of halogens is 1. The van der Waals surface area contributed by atoms with E-state index in [0.717, 1.165) is 29.7 Å². The number of alkyl halides is 1. The quantitative estimate of drug-likeness (QED) is 0.101. The molecule has 0 spiro atoms. The number of nitrogens with one attached hydrogen (secondary N) is 3. The van der Waals surface area contributed by atoms with E-state index in [1.165, 1.54) is 54.2 Å². The number of likely N-dealkylation sites (N-methyl/N-ethyl adjacent to an activating group) is 1. The Kier molecular flexibility index (Phi) is 24.8. The van der Waals surface area contributed by atoms with Crippen molar-refractivity contribution < 1.29 is 48.3 Å². The van der Waals surface area contributed by atoms with Crippen molar-refractivity contribution in [2.75, 3.05) is 27.4 Å². The van der Waals surface area contributed by atoms with Crippen LogP contribution in [0.4, 0.5) is 4.39 Å². The SMILES string of the molecule is CC.CCC(C(N)=O)N(C)C(=O)CNC(=O)c1ccn(CCF)n1.CCC/C=C\C1CC1C(=O)NSC1(C)CC1.COc1ccc2c(=O)cc(OC(C)C)[nH]c2c1C.O.O.[HH].[HH].[HH]. The number of carbonyl (C=O) groups is 4. The van der Waals surface area contributed by atoms with Gasteiger partial charge in [0.25, 0.3) is 5.91 Å². The van der Waals surface area contributed by atoms with E-state index in [4.69, 9.17) is 15.2 Å². The molecule has 2 heterocycles. The number of pyridine rings is 1. The molecular formula is C42H74FN7O9S. The molecule has 16 nitrogen and oxygen atoms in total. The Morgan fingerprint density at radius 1 is 1.18 bits per heavy atom. The van der Waals surface area contributed by atoms with Crippen LogP contribution in [0.1, 0.15) is 107 Å². The number of carbonyl (C=O) groups excluding carboxylic acids is 4. The van der Waals surface area contributed by atoms with Gasteiger partial charge in [0.15, 0.2) is 11.3 Å². The lowest BCUT2D eigenvalue weighted by Gasteiger charge is -2.24. The van der Waals surface area contributed by atoms with E-state index in [1.807, 2.05) is 34.6 Å². The van der Waals surface area contributed by atoms with Crippen LogP contribution in [0.5, 0.6) is 11.6 Å². The normalized spacial score (nSPS) is 15.8. The van der Waals surface area contributed by atoms with E-state index in [1.54, 1.807) is 38.1 Å². The molecule has 0 saturated heterocycles. The van der Waals surface area contributed by atoms with Crippen LogP contribution in [0.3, 0.4) is 0 Å². The van der Waals surface area contributed by atoms with Gasteiger partial charge in [0.1, 0.15) is 24.2 Å². The molecule has 344 valence electrons. The van der Waals surface area contributed by atoms with Crippen molar-refractivity contribution in [1.29, 1.82) is 0 Å². The molecule has 4 amide bonds. The fourth-order valence-electron chi connectivity index (χ4n) is 5.55. The zero-order valence-corrected chi connectivity index (χ0v) is 37.6. The number of ether oxygens (including phenoxy) is 2. The van der Waals surface area contributed by atoms with Crippen molar-refractivity contribution in [3.8, 4) is 11.6 Å². The molecular weight excluding hydrogens is 798 g/mol. The number of rotatable bonds is 17.